The SMILES string of the molecule is CC(C)N1C[C@H]1C(C)(C)O. The van der Waals surface area contributed by atoms with Crippen LogP contribution >= 0.6 is 0 Å². The fraction of sp³-hybridized carbons (Fsp3) is 1.00. The molecule has 1 heterocycles. The van der Waals surface area contributed by atoms with Gasteiger partial charge in [0.05, 0.1) is 11.6 Å². The lowest BCUT2D eigenvalue weighted by Gasteiger charge is -2.18. The van der Waals surface area contributed by atoms with Gasteiger partial charge in [0.15, 0.2) is 0 Å². The molecule has 0 radical (unpaired) electrons. The van der Waals surface area contributed by atoms with Gasteiger partial charge in [0.2, 0.25) is 0 Å². The van der Waals surface area contributed by atoms with Crippen LogP contribution in [0.1, 0.15) is 27.7 Å². The molecular weight excluding hydrogens is 126 g/mol. The summed E-state index contributed by atoms with van der Waals surface area (Å²) < 4.78 is 0. The number of aliphatic hydroxyl groups is 1. The molecule has 1 N–H and O–H groups in total. The van der Waals surface area contributed by atoms with Gasteiger partial charge in [-0.3, -0.25) is 4.90 Å². The summed E-state index contributed by atoms with van der Waals surface area (Å²) in [5.41, 5.74) is -0.510. The van der Waals surface area contributed by atoms with Crippen LogP contribution in [0.5, 0.6) is 0 Å². The van der Waals surface area contributed by atoms with E-state index in [4.69, 9.17) is 0 Å². The van der Waals surface area contributed by atoms with Gasteiger partial charge >= 0.3 is 0 Å². The molecule has 10 heavy (non-hydrogen) atoms. The minimum Gasteiger partial charge on any atom is -0.389 e. The highest BCUT2D eigenvalue weighted by Crippen LogP contribution is 2.30. The average Bonchev–Trinajstić information content (AvgIpc) is 2.35. The first-order valence-electron chi connectivity index (χ1n) is 3.91. The summed E-state index contributed by atoms with van der Waals surface area (Å²) in [7, 11) is 0. The van der Waals surface area contributed by atoms with Crippen molar-refractivity contribution in [1.29, 1.82) is 0 Å². The first-order valence-corrected chi connectivity index (χ1v) is 3.91. The van der Waals surface area contributed by atoms with E-state index in [0.717, 1.165) is 6.54 Å². The molecule has 0 spiro atoms. The Labute approximate surface area is 62.8 Å². The van der Waals surface area contributed by atoms with Crippen molar-refractivity contribution in [1.82, 2.24) is 4.90 Å². The van der Waals surface area contributed by atoms with Crippen molar-refractivity contribution in [3.8, 4) is 0 Å². The Hall–Kier alpha value is -0.0800. The molecule has 0 aliphatic carbocycles. The summed E-state index contributed by atoms with van der Waals surface area (Å²) in [5.74, 6) is 0. The molecule has 1 aliphatic rings. The maximum atomic E-state index is 9.54. The molecule has 1 saturated heterocycles. The van der Waals surface area contributed by atoms with E-state index in [1.165, 1.54) is 0 Å². The number of nitrogens with zero attached hydrogens (tertiary/aromatic N) is 1. The summed E-state index contributed by atoms with van der Waals surface area (Å²) in [6, 6.07) is 0.976. The zero-order chi connectivity index (χ0) is 7.94. The third-order valence-electron chi connectivity index (χ3n) is 2.13. The highest BCUT2D eigenvalue weighted by atomic mass is 16.3. The Morgan fingerprint density at radius 1 is 1.50 bits per heavy atom. The second-order valence-electron chi connectivity index (χ2n) is 3.96. The van der Waals surface area contributed by atoms with Gasteiger partial charge in [0.25, 0.3) is 0 Å². The molecule has 0 aromatic heterocycles. The van der Waals surface area contributed by atoms with Gasteiger partial charge < -0.3 is 5.11 Å². The molecule has 1 fully saturated rings. The summed E-state index contributed by atoms with van der Waals surface area (Å²) in [6.07, 6.45) is 0. The van der Waals surface area contributed by atoms with Crippen LogP contribution in [0.3, 0.4) is 0 Å². The van der Waals surface area contributed by atoms with Crippen LogP contribution < -0.4 is 0 Å². The topological polar surface area (TPSA) is 23.2 Å². The number of rotatable bonds is 2. The molecule has 1 aliphatic heterocycles. The van der Waals surface area contributed by atoms with Crippen molar-refractivity contribution in [2.45, 2.75) is 45.4 Å². The Morgan fingerprint density at radius 2 is 2.00 bits per heavy atom. The Kier molecular flexibility index (Phi) is 1.77. The van der Waals surface area contributed by atoms with Crippen molar-refractivity contribution in [3.05, 3.63) is 0 Å². The van der Waals surface area contributed by atoms with Crippen molar-refractivity contribution in [2.24, 2.45) is 0 Å². The summed E-state index contributed by atoms with van der Waals surface area (Å²) in [4.78, 5) is 2.29. The van der Waals surface area contributed by atoms with Crippen molar-refractivity contribution >= 4 is 0 Å². The summed E-state index contributed by atoms with van der Waals surface area (Å²) in [6.45, 7) is 9.12. The second kappa shape index (κ2) is 2.21. The summed E-state index contributed by atoms with van der Waals surface area (Å²) >= 11 is 0. The molecule has 2 nitrogen and oxygen atoms in total. The number of hydrogen-bond acceptors (Lipinski definition) is 2. The van der Waals surface area contributed by atoms with Crippen molar-refractivity contribution in [2.75, 3.05) is 6.54 Å². The first kappa shape index (κ1) is 8.02. The highest BCUT2D eigenvalue weighted by molar-refractivity contribution is 5.01. The number of hydrogen-bond donors (Lipinski definition) is 1. The van der Waals surface area contributed by atoms with Crippen LogP contribution in [0.15, 0.2) is 0 Å². The monoisotopic (exact) mass is 143 g/mol. The molecular formula is C8H17NO. The minimum atomic E-state index is -0.510. The maximum Gasteiger partial charge on any atom is 0.0758 e. The van der Waals surface area contributed by atoms with Gasteiger partial charge in [0, 0.05) is 12.6 Å². The highest BCUT2D eigenvalue weighted by Gasteiger charge is 2.45. The maximum absolute atomic E-state index is 9.54. The van der Waals surface area contributed by atoms with E-state index in [1.54, 1.807) is 0 Å². The zero-order valence-corrected chi connectivity index (χ0v) is 7.26. The Morgan fingerprint density at radius 3 is 2.10 bits per heavy atom. The molecule has 0 aromatic carbocycles. The van der Waals surface area contributed by atoms with Gasteiger partial charge in [-0.25, -0.2) is 0 Å². The predicted octanol–water partition coefficient (Wildman–Crippen LogP) is 0.850. The lowest BCUT2D eigenvalue weighted by Crippen LogP contribution is -2.31. The lowest BCUT2D eigenvalue weighted by atomic mass is 10.1. The fourth-order valence-corrected chi connectivity index (χ4v) is 1.35. The van der Waals surface area contributed by atoms with Crippen LogP contribution in [0.4, 0.5) is 0 Å². The summed E-state index contributed by atoms with van der Waals surface area (Å²) in [5, 5.41) is 9.54. The van der Waals surface area contributed by atoms with Gasteiger partial charge in [0.1, 0.15) is 0 Å². The predicted molar refractivity (Wildman–Crippen MR) is 41.9 cm³/mol. The molecule has 60 valence electrons. The van der Waals surface area contributed by atoms with Crippen molar-refractivity contribution in [3.63, 3.8) is 0 Å². The Bertz CT molecular complexity index is 126. The molecule has 1 unspecified atom stereocenters. The van der Waals surface area contributed by atoms with E-state index in [1.807, 2.05) is 13.8 Å². The fourth-order valence-electron chi connectivity index (χ4n) is 1.35. The molecule has 2 heteroatoms. The molecule has 2 atom stereocenters. The largest absolute Gasteiger partial charge is 0.389 e. The minimum absolute atomic E-state index is 0.396. The van der Waals surface area contributed by atoms with Crippen molar-refractivity contribution < 1.29 is 5.11 Å². The van der Waals surface area contributed by atoms with Crippen LogP contribution in [0, 0.1) is 0 Å². The molecule has 1 rings (SSSR count). The third kappa shape index (κ3) is 1.50. The molecule has 0 bridgehead atoms. The molecule has 0 saturated carbocycles. The normalized spacial score (nSPS) is 33.0. The Balaban J connectivity index is 2.39. The van der Waals surface area contributed by atoms with Gasteiger partial charge in [-0.2, -0.15) is 0 Å². The van der Waals surface area contributed by atoms with Gasteiger partial charge in [-0.1, -0.05) is 0 Å². The third-order valence-corrected chi connectivity index (χ3v) is 2.13. The van der Waals surface area contributed by atoms with E-state index < -0.39 is 5.60 Å². The van der Waals surface area contributed by atoms with Gasteiger partial charge in [-0.05, 0) is 27.7 Å². The zero-order valence-electron chi connectivity index (χ0n) is 7.26. The van der Waals surface area contributed by atoms with E-state index in [-0.39, 0.29) is 0 Å². The second-order valence-corrected chi connectivity index (χ2v) is 3.96. The molecule has 0 amide bonds. The smallest absolute Gasteiger partial charge is 0.0758 e. The van der Waals surface area contributed by atoms with E-state index in [0.29, 0.717) is 12.1 Å². The van der Waals surface area contributed by atoms with E-state index in [9.17, 15) is 5.11 Å². The standard InChI is InChI=1S/C8H17NO/c1-6(2)9-5-7(9)8(3,4)10/h6-7,10H,5H2,1-4H3/t7-,9?/m0/s1. The molecule has 0 aromatic rings. The van der Waals surface area contributed by atoms with Crippen LogP contribution in [0.2, 0.25) is 0 Å². The first-order chi connectivity index (χ1) is 4.43. The van der Waals surface area contributed by atoms with E-state index >= 15 is 0 Å². The van der Waals surface area contributed by atoms with Crippen LogP contribution in [0.25, 0.3) is 0 Å². The van der Waals surface area contributed by atoms with Gasteiger partial charge in [-0.15, -0.1) is 0 Å². The van der Waals surface area contributed by atoms with Crippen LogP contribution in [-0.4, -0.2) is 34.2 Å². The van der Waals surface area contributed by atoms with E-state index in [2.05, 4.69) is 18.7 Å². The average molecular weight is 143 g/mol. The lowest BCUT2D eigenvalue weighted by molar-refractivity contribution is 0.0614. The quantitative estimate of drug-likeness (QED) is 0.579. The van der Waals surface area contributed by atoms with Crippen LogP contribution in [-0.2, 0) is 0 Å².